The fraction of sp³-hybridized carbons (Fsp3) is 0.571. The lowest BCUT2D eigenvalue weighted by Crippen LogP contribution is -2.41. The molecular weight excluding hydrogens is 319 g/mol. The largest absolute Gasteiger partial charge is 0.494 e. The van der Waals surface area contributed by atoms with E-state index in [4.69, 9.17) is 20.9 Å². The number of benzene rings is 1. The van der Waals surface area contributed by atoms with Crippen LogP contribution >= 0.6 is 11.6 Å². The molecule has 0 aromatic heterocycles. The standard InChI is InChI=1S/C14H17BClF3O3/c1-12(2)13(3,4)22-15(21-12)9-6-5-7-10(8-9)20-14(18,19)11(16)17/h5-8,11H,1-4H3/t11-/m1/s1. The van der Waals surface area contributed by atoms with E-state index < -0.39 is 30.1 Å². The van der Waals surface area contributed by atoms with Crippen molar-refractivity contribution in [2.75, 3.05) is 0 Å². The molecule has 0 saturated carbocycles. The minimum Gasteiger partial charge on any atom is -0.429 e. The van der Waals surface area contributed by atoms with Gasteiger partial charge in [0.1, 0.15) is 5.75 Å². The van der Waals surface area contributed by atoms with Crippen LogP contribution in [0.1, 0.15) is 27.7 Å². The lowest BCUT2D eigenvalue weighted by atomic mass is 9.79. The van der Waals surface area contributed by atoms with Crippen molar-refractivity contribution in [1.29, 1.82) is 0 Å². The van der Waals surface area contributed by atoms with Gasteiger partial charge in [0.15, 0.2) is 0 Å². The van der Waals surface area contributed by atoms with E-state index in [9.17, 15) is 13.2 Å². The molecule has 0 spiro atoms. The van der Waals surface area contributed by atoms with Crippen molar-refractivity contribution in [3.05, 3.63) is 24.3 Å². The van der Waals surface area contributed by atoms with Gasteiger partial charge in [0, 0.05) is 0 Å². The van der Waals surface area contributed by atoms with E-state index >= 15 is 0 Å². The molecule has 2 rings (SSSR count). The van der Waals surface area contributed by atoms with Crippen LogP contribution in [0, 0.1) is 0 Å². The molecule has 0 radical (unpaired) electrons. The number of halogens is 4. The topological polar surface area (TPSA) is 27.7 Å². The number of hydrogen-bond acceptors (Lipinski definition) is 3. The predicted octanol–water partition coefficient (Wildman–Crippen LogP) is 3.49. The Hall–Kier alpha value is -0.915. The van der Waals surface area contributed by atoms with E-state index in [1.54, 1.807) is 6.07 Å². The lowest BCUT2D eigenvalue weighted by Gasteiger charge is -2.32. The van der Waals surface area contributed by atoms with E-state index in [0.717, 1.165) is 0 Å². The van der Waals surface area contributed by atoms with Crippen LogP contribution in [0.25, 0.3) is 0 Å². The highest BCUT2D eigenvalue weighted by Crippen LogP contribution is 2.37. The Labute approximate surface area is 132 Å². The minimum absolute atomic E-state index is 0.222. The molecular formula is C14H17BClF3O3. The Morgan fingerprint density at radius 2 is 1.73 bits per heavy atom. The van der Waals surface area contributed by atoms with Crippen molar-refractivity contribution in [3.8, 4) is 5.75 Å². The predicted molar refractivity (Wildman–Crippen MR) is 78.5 cm³/mol. The molecule has 0 aliphatic carbocycles. The van der Waals surface area contributed by atoms with Crippen LogP contribution in [0.15, 0.2) is 24.3 Å². The SMILES string of the molecule is CC1(C)OB(c2cccc(OC(F)(F)[C@@H](F)Cl)c2)OC1(C)C. The summed E-state index contributed by atoms with van der Waals surface area (Å²) < 4.78 is 55.0. The maximum absolute atomic E-state index is 13.2. The minimum atomic E-state index is -4.11. The Balaban J connectivity index is 2.20. The first-order valence-corrected chi connectivity index (χ1v) is 7.19. The summed E-state index contributed by atoms with van der Waals surface area (Å²) in [5.74, 6) is -0.222. The summed E-state index contributed by atoms with van der Waals surface area (Å²) in [6.45, 7) is 7.51. The van der Waals surface area contributed by atoms with Gasteiger partial charge in [-0.3, -0.25) is 0 Å². The van der Waals surface area contributed by atoms with Gasteiger partial charge in [0.25, 0.3) is 5.63 Å². The first kappa shape index (κ1) is 17.4. The molecule has 8 heteroatoms. The zero-order valence-corrected chi connectivity index (χ0v) is 13.5. The van der Waals surface area contributed by atoms with Gasteiger partial charge in [-0.1, -0.05) is 23.7 Å². The van der Waals surface area contributed by atoms with Crippen molar-refractivity contribution in [1.82, 2.24) is 0 Å². The summed E-state index contributed by atoms with van der Waals surface area (Å²) in [4.78, 5) is 0. The molecule has 0 bridgehead atoms. The first-order chi connectivity index (χ1) is 9.95. The smallest absolute Gasteiger partial charge is 0.429 e. The molecule has 1 aliphatic heterocycles. The van der Waals surface area contributed by atoms with Crippen LogP contribution in [0.2, 0.25) is 0 Å². The molecule has 0 unspecified atom stereocenters. The number of hydrogen-bond donors (Lipinski definition) is 0. The first-order valence-electron chi connectivity index (χ1n) is 6.75. The molecule has 1 aliphatic rings. The second-order valence-electron chi connectivity index (χ2n) is 6.13. The van der Waals surface area contributed by atoms with Gasteiger partial charge in [-0.15, -0.1) is 0 Å². The monoisotopic (exact) mass is 336 g/mol. The van der Waals surface area contributed by atoms with E-state index in [0.29, 0.717) is 5.46 Å². The van der Waals surface area contributed by atoms with Crippen LogP contribution in [-0.4, -0.2) is 30.1 Å². The molecule has 0 N–H and O–H groups in total. The lowest BCUT2D eigenvalue weighted by molar-refractivity contribution is -0.199. The normalized spacial score (nSPS) is 21.7. The Morgan fingerprint density at radius 3 is 2.23 bits per heavy atom. The Morgan fingerprint density at radius 1 is 1.18 bits per heavy atom. The van der Waals surface area contributed by atoms with Crippen LogP contribution < -0.4 is 10.2 Å². The van der Waals surface area contributed by atoms with Gasteiger partial charge in [0.05, 0.1) is 11.2 Å². The Bertz CT molecular complexity index is 536. The van der Waals surface area contributed by atoms with Gasteiger partial charge >= 0.3 is 13.2 Å². The molecule has 22 heavy (non-hydrogen) atoms. The number of ether oxygens (including phenoxy) is 1. The van der Waals surface area contributed by atoms with Crippen molar-refractivity contribution in [2.24, 2.45) is 0 Å². The summed E-state index contributed by atoms with van der Waals surface area (Å²) in [5.41, 5.74) is -3.55. The number of alkyl halides is 4. The van der Waals surface area contributed by atoms with E-state index in [1.807, 2.05) is 27.7 Å². The summed E-state index contributed by atoms with van der Waals surface area (Å²) in [6.07, 6.45) is -4.11. The van der Waals surface area contributed by atoms with Crippen molar-refractivity contribution in [3.63, 3.8) is 0 Å². The van der Waals surface area contributed by atoms with E-state index in [1.165, 1.54) is 18.2 Å². The summed E-state index contributed by atoms with van der Waals surface area (Å²) in [7, 11) is -0.723. The van der Waals surface area contributed by atoms with Crippen LogP contribution in [0.5, 0.6) is 5.75 Å². The van der Waals surface area contributed by atoms with Gasteiger partial charge in [-0.05, 0) is 45.3 Å². The number of rotatable bonds is 4. The molecule has 1 heterocycles. The fourth-order valence-corrected chi connectivity index (χ4v) is 1.95. The van der Waals surface area contributed by atoms with Crippen molar-refractivity contribution in [2.45, 2.75) is 50.6 Å². The zero-order chi connectivity index (χ0) is 16.8. The molecule has 3 nitrogen and oxygen atoms in total. The molecule has 1 fully saturated rings. The highest BCUT2D eigenvalue weighted by atomic mass is 35.5. The average molecular weight is 337 g/mol. The molecule has 1 aromatic carbocycles. The highest BCUT2D eigenvalue weighted by molar-refractivity contribution is 6.62. The summed E-state index contributed by atoms with van der Waals surface area (Å²) >= 11 is 4.77. The summed E-state index contributed by atoms with van der Waals surface area (Å²) in [5, 5.41) is 0. The molecule has 0 amide bonds. The second-order valence-corrected chi connectivity index (χ2v) is 6.51. The third-order valence-electron chi connectivity index (χ3n) is 3.89. The van der Waals surface area contributed by atoms with Gasteiger partial charge in [0.2, 0.25) is 0 Å². The maximum atomic E-state index is 13.2. The van der Waals surface area contributed by atoms with Crippen LogP contribution in [0.4, 0.5) is 13.2 Å². The van der Waals surface area contributed by atoms with Gasteiger partial charge in [-0.2, -0.15) is 8.78 Å². The summed E-state index contributed by atoms with van der Waals surface area (Å²) in [6, 6.07) is 5.74. The van der Waals surface area contributed by atoms with Crippen molar-refractivity contribution >= 4 is 24.2 Å². The third-order valence-corrected chi connectivity index (χ3v) is 4.15. The van der Waals surface area contributed by atoms with Crippen LogP contribution in [-0.2, 0) is 9.31 Å². The fourth-order valence-electron chi connectivity index (χ4n) is 1.91. The average Bonchev–Trinajstić information content (AvgIpc) is 2.58. The second kappa shape index (κ2) is 5.62. The van der Waals surface area contributed by atoms with E-state index in [2.05, 4.69) is 4.74 Å². The highest BCUT2D eigenvalue weighted by Gasteiger charge is 2.52. The molecule has 1 atom stereocenters. The molecule has 1 saturated heterocycles. The third kappa shape index (κ3) is 3.36. The van der Waals surface area contributed by atoms with Crippen molar-refractivity contribution < 1.29 is 27.2 Å². The Kier molecular flexibility index (Phi) is 4.45. The van der Waals surface area contributed by atoms with Crippen LogP contribution in [0.3, 0.4) is 0 Å². The maximum Gasteiger partial charge on any atom is 0.494 e. The van der Waals surface area contributed by atoms with Gasteiger partial charge < -0.3 is 14.0 Å². The van der Waals surface area contributed by atoms with Gasteiger partial charge in [-0.25, -0.2) is 4.39 Å². The zero-order valence-electron chi connectivity index (χ0n) is 12.7. The molecule has 122 valence electrons. The van der Waals surface area contributed by atoms with E-state index in [-0.39, 0.29) is 5.75 Å². The molecule has 1 aromatic rings. The quantitative estimate of drug-likeness (QED) is 0.622.